The minimum absolute atomic E-state index is 0.205. The Balaban J connectivity index is 1.47. The van der Waals surface area contributed by atoms with Gasteiger partial charge in [-0.3, -0.25) is 4.90 Å². The van der Waals surface area contributed by atoms with Gasteiger partial charge in [-0.1, -0.05) is 49.3 Å². The second-order valence-electron chi connectivity index (χ2n) is 6.93. The molecule has 0 unspecified atom stereocenters. The maximum Gasteiger partial charge on any atom is 0.324 e. The van der Waals surface area contributed by atoms with E-state index in [0.29, 0.717) is 12.1 Å². The monoisotopic (exact) mass is 328 g/mol. The molecule has 2 aliphatic rings. The van der Waals surface area contributed by atoms with Crippen molar-refractivity contribution in [2.24, 2.45) is 0 Å². The Hall–Kier alpha value is -1.92. The standard InChI is InChI=1S/C18H24N4O2/c1-13(2)17-19-18(24-20-17)22-11-15-16(12-22)23-9-8-21(15)10-14-6-4-3-5-7-14/h3-7,13,15-16H,8-12H2,1-2H3/t15-,16-/m0/s1. The van der Waals surface area contributed by atoms with Gasteiger partial charge in [0.25, 0.3) is 0 Å². The summed E-state index contributed by atoms with van der Waals surface area (Å²) in [4.78, 5) is 9.21. The molecule has 0 saturated carbocycles. The lowest BCUT2D eigenvalue weighted by molar-refractivity contribution is -0.0499. The first-order valence-corrected chi connectivity index (χ1v) is 8.69. The first-order valence-electron chi connectivity index (χ1n) is 8.69. The number of fused-ring (bicyclic) bond motifs is 1. The Labute approximate surface area is 142 Å². The maximum absolute atomic E-state index is 6.00. The largest absolute Gasteiger partial charge is 0.373 e. The van der Waals surface area contributed by atoms with Crippen molar-refractivity contribution in [2.45, 2.75) is 38.5 Å². The van der Waals surface area contributed by atoms with Gasteiger partial charge in [0.15, 0.2) is 5.82 Å². The molecule has 0 amide bonds. The van der Waals surface area contributed by atoms with Crippen LogP contribution in [0.2, 0.25) is 0 Å². The average molecular weight is 328 g/mol. The summed E-state index contributed by atoms with van der Waals surface area (Å²) >= 11 is 0. The molecule has 0 radical (unpaired) electrons. The van der Waals surface area contributed by atoms with Crippen LogP contribution >= 0.6 is 0 Å². The molecule has 1 aromatic carbocycles. The molecule has 2 saturated heterocycles. The number of anilines is 1. The van der Waals surface area contributed by atoms with Crippen LogP contribution in [0.15, 0.2) is 34.9 Å². The summed E-state index contributed by atoms with van der Waals surface area (Å²) in [5, 5.41) is 4.08. The molecule has 6 nitrogen and oxygen atoms in total. The number of hydrogen-bond donors (Lipinski definition) is 0. The summed E-state index contributed by atoms with van der Waals surface area (Å²) < 4.78 is 11.5. The normalized spacial score (nSPS) is 24.5. The molecular formula is C18H24N4O2. The number of ether oxygens (including phenoxy) is 1. The Morgan fingerprint density at radius 2 is 2.04 bits per heavy atom. The maximum atomic E-state index is 6.00. The molecule has 2 fully saturated rings. The first kappa shape index (κ1) is 15.6. The lowest BCUT2D eigenvalue weighted by Crippen LogP contribution is -2.50. The van der Waals surface area contributed by atoms with Crippen molar-refractivity contribution in [2.75, 3.05) is 31.1 Å². The third kappa shape index (κ3) is 3.03. The number of aromatic nitrogens is 2. The van der Waals surface area contributed by atoms with Gasteiger partial charge in [-0.15, -0.1) is 0 Å². The first-order chi connectivity index (χ1) is 11.7. The van der Waals surface area contributed by atoms with Gasteiger partial charge in [0.1, 0.15) is 0 Å². The van der Waals surface area contributed by atoms with Crippen molar-refractivity contribution < 1.29 is 9.26 Å². The second kappa shape index (κ2) is 6.53. The number of benzene rings is 1. The van der Waals surface area contributed by atoms with E-state index in [0.717, 1.165) is 38.6 Å². The molecule has 1 aromatic heterocycles. The zero-order valence-electron chi connectivity index (χ0n) is 14.3. The van der Waals surface area contributed by atoms with Crippen LogP contribution in [-0.2, 0) is 11.3 Å². The van der Waals surface area contributed by atoms with Crippen LogP contribution in [0.4, 0.5) is 6.01 Å². The SMILES string of the molecule is CC(C)c1noc(N2C[C@@H]3OCCN(Cc4ccccc4)[C@H]3C2)n1. The van der Waals surface area contributed by atoms with Crippen LogP contribution in [0.3, 0.4) is 0 Å². The minimum atomic E-state index is 0.205. The Morgan fingerprint density at radius 3 is 2.79 bits per heavy atom. The fourth-order valence-corrected chi connectivity index (χ4v) is 3.52. The van der Waals surface area contributed by atoms with E-state index >= 15 is 0 Å². The molecule has 0 spiro atoms. The smallest absolute Gasteiger partial charge is 0.324 e. The topological polar surface area (TPSA) is 54.6 Å². The molecule has 2 atom stereocenters. The molecule has 6 heteroatoms. The Kier molecular flexibility index (Phi) is 4.24. The van der Waals surface area contributed by atoms with E-state index in [2.05, 4.69) is 64.1 Å². The van der Waals surface area contributed by atoms with Gasteiger partial charge in [-0.2, -0.15) is 4.98 Å². The average Bonchev–Trinajstić information content (AvgIpc) is 3.23. The number of morpholine rings is 1. The van der Waals surface area contributed by atoms with Gasteiger partial charge >= 0.3 is 6.01 Å². The van der Waals surface area contributed by atoms with Crippen molar-refractivity contribution in [3.8, 4) is 0 Å². The lowest BCUT2D eigenvalue weighted by atomic mass is 10.1. The molecule has 4 rings (SSSR count). The molecule has 2 aliphatic heterocycles. The van der Waals surface area contributed by atoms with Gasteiger partial charge in [-0.25, -0.2) is 0 Å². The fraction of sp³-hybridized carbons (Fsp3) is 0.556. The van der Waals surface area contributed by atoms with Crippen LogP contribution in [0.25, 0.3) is 0 Å². The Bertz CT molecular complexity index is 673. The van der Waals surface area contributed by atoms with Gasteiger partial charge < -0.3 is 14.2 Å². The summed E-state index contributed by atoms with van der Waals surface area (Å²) in [7, 11) is 0. The molecule has 0 aliphatic carbocycles. The predicted molar refractivity (Wildman–Crippen MR) is 91.0 cm³/mol. The van der Waals surface area contributed by atoms with Gasteiger partial charge in [-0.05, 0) is 5.56 Å². The molecule has 2 aromatic rings. The highest BCUT2D eigenvalue weighted by Gasteiger charge is 2.41. The second-order valence-corrected chi connectivity index (χ2v) is 6.93. The van der Waals surface area contributed by atoms with Crippen LogP contribution in [0.5, 0.6) is 0 Å². The Morgan fingerprint density at radius 1 is 1.21 bits per heavy atom. The number of nitrogens with zero attached hydrogens (tertiary/aromatic N) is 4. The zero-order chi connectivity index (χ0) is 16.5. The van der Waals surface area contributed by atoms with Crippen LogP contribution < -0.4 is 4.90 Å². The zero-order valence-corrected chi connectivity index (χ0v) is 14.3. The summed E-state index contributed by atoms with van der Waals surface area (Å²) in [6, 6.07) is 11.6. The minimum Gasteiger partial charge on any atom is -0.373 e. The molecule has 0 bridgehead atoms. The van der Waals surface area contributed by atoms with Gasteiger partial charge in [0, 0.05) is 25.6 Å². The van der Waals surface area contributed by atoms with Crippen molar-refractivity contribution in [1.82, 2.24) is 15.0 Å². The van der Waals surface area contributed by atoms with E-state index in [4.69, 9.17) is 9.26 Å². The van der Waals surface area contributed by atoms with Crippen LogP contribution in [0.1, 0.15) is 31.2 Å². The third-order valence-electron chi connectivity index (χ3n) is 4.86. The summed E-state index contributed by atoms with van der Waals surface area (Å²) in [6.45, 7) is 8.54. The van der Waals surface area contributed by atoms with Crippen molar-refractivity contribution in [3.63, 3.8) is 0 Å². The van der Waals surface area contributed by atoms with E-state index in [1.165, 1.54) is 5.56 Å². The van der Waals surface area contributed by atoms with Crippen molar-refractivity contribution in [3.05, 3.63) is 41.7 Å². The van der Waals surface area contributed by atoms with E-state index in [9.17, 15) is 0 Å². The number of hydrogen-bond acceptors (Lipinski definition) is 6. The molecular weight excluding hydrogens is 304 g/mol. The van der Waals surface area contributed by atoms with E-state index < -0.39 is 0 Å². The third-order valence-corrected chi connectivity index (χ3v) is 4.86. The molecule has 3 heterocycles. The highest BCUT2D eigenvalue weighted by molar-refractivity contribution is 5.30. The van der Waals surface area contributed by atoms with E-state index in [1.807, 2.05) is 0 Å². The number of rotatable bonds is 4. The molecule has 128 valence electrons. The van der Waals surface area contributed by atoms with Crippen LogP contribution in [-0.4, -0.2) is 53.4 Å². The predicted octanol–water partition coefficient (Wildman–Crippen LogP) is 2.28. The van der Waals surface area contributed by atoms with Crippen LogP contribution in [0, 0.1) is 0 Å². The van der Waals surface area contributed by atoms with E-state index in [1.54, 1.807) is 0 Å². The summed E-state index contributed by atoms with van der Waals surface area (Å²) in [5.41, 5.74) is 1.34. The van der Waals surface area contributed by atoms with E-state index in [-0.39, 0.29) is 12.0 Å². The molecule has 24 heavy (non-hydrogen) atoms. The highest BCUT2D eigenvalue weighted by Crippen LogP contribution is 2.28. The molecule has 0 N–H and O–H groups in total. The summed E-state index contributed by atoms with van der Waals surface area (Å²) in [6.07, 6.45) is 0.205. The van der Waals surface area contributed by atoms with Crippen molar-refractivity contribution >= 4 is 6.01 Å². The van der Waals surface area contributed by atoms with Gasteiger partial charge in [0.05, 0.1) is 25.3 Å². The van der Waals surface area contributed by atoms with Gasteiger partial charge in [0.2, 0.25) is 0 Å². The lowest BCUT2D eigenvalue weighted by Gasteiger charge is -2.36. The van der Waals surface area contributed by atoms with Crippen molar-refractivity contribution in [1.29, 1.82) is 0 Å². The fourth-order valence-electron chi connectivity index (χ4n) is 3.52. The highest BCUT2D eigenvalue weighted by atomic mass is 16.5. The quantitative estimate of drug-likeness (QED) is 0.858. The summed E-state index contributed by atoms with van der Waals surface area (Å²) in [5.74, 6) is 1.04.